The van der Waals surface area contributed by atoms with Gasteiger partial charge in [0, 0.05) is 12.3 Å². The number of aromatic amines is 1. The van der Waals surface area contributed by atoms with Gasteiger partial charge in [-0.05, 0) is 36.8 Å². The Labute approximate surface area is 118 Å². The number of nitrogens with one attached hydrogen (secondary N) is 1. The first-order valence-electron chi connectivity index (χ1n) is 6.04. The molecular weight excluding hydrogens is 280 g/mol. The smallest absolute Gasteiger partial charge is 0.178 e. The van der Waals surface area contributed by atoms with E-state index in [0.717, 1.165) is 17.3 Å². The van der Waals surface area contributed by atoms with Crippen molar-refractivity contribution in [3.05, 3.63) is 58.1 Å². The van der Waals surface area contributed by atoms with Crippen molar-refractivity contribution in [1.82, 2.24) is 14.5 Å². The van der Waals surface area contributed by atoms with Gasteiger partial charge in [0.25, 0.3) is 0 Å². The van der Waals surface area contributed by atoms with Crippen LogP contribution in [0, 0.1) is 23.3 Å². The molecule has 3 aromatic rings. The lowest BCUT2D eigenvalue weighted by atomic mass is 10.2. The number of benzene rings is 1. The normalized spacial score (nSPS) is 11.2. The number of hydrogen-bond donors (Lipinski definition) is 1. The summed E-state index contributed by atoms with van der Waals surface area (Å²) in [6.07, 6.45) is 1.68. The summed E-state index contributed by atoms with van der Waals surface area (Å²) in [5.74, 6) is -1.28. The van der Waals surface area contributed by atoms with Gasteiger partial charge in [-0.2, -0.15) is 0 Å². The van der Waals surface area contributed by atoms with E-state index in [1.807, 2.05) is 19.1 Å². The van der Waals surface area contributed by atoms with E-state index in [0.29, 0.717) is 16.8 Å². The molecule has 3 rings (SSSR count). The predicted octanol–water partition coefficient (Wildman–Crippen LogP) is 3.73. The Kier molecular flexibility index (Phi) is 3.10. The van der Waals surface area contributed by atoms with Crippen LogP contribution in [-0.4, -0.2) is 14.5 Å². The summed E-state index contributed by atoms with van der Waals surface area (Å²) in [6.45, 7) is 2.30. The molecule has 2 heterocycles. The minimum absolute atomic E-state index is 0.213. The molecule has 1 N–H and O–H groups in total. The third kappa shape index (κ3) is 2.12. The first kappa shape index (κ1) is 12.9. The second kappa shape index (κ2) is 4.79. The summed E-state index contributed by atoms with van der Waals surface area (Å²) in [6, 6.07) is 5.88. The summed E-state index contributed by atoms with van der Waals surface area (Å²) in [5.41, 5.74) is 2.43. The van der Waals surface area contributed by atoms with Crippen LogP contribution < -0.4 is 0 Å². The summed E-state index contributed by atoms with van der Waals surface area (Å²) < 4.78 is 29.1. The van der Waals surface area contributed by atoms with Crippen molar-refractivity contribution in [3.63, 3.8) is 0 Å². The first-order valence-corrected chi connectivity index (χ1v) is 6.45. The topological polar surface area (TPSA) is 33.6 Å². The third-order valence-corrected chi connectivity index (χ3v) is 3.55. The van der Waals surface area contributed by atoms with E-state index in [1.165, 1.54) is 6.07 Å². The zero-order valence-electron chi connectivity index (χ0n) is 10.7. The minimum atomic E-state index is -0.650. The molecule has 102 valence electrons. The molecule has 0 saturated heterocycles. The molecular formula is C14H11F2N3S. The molecule has 3 nitrogen and oxygen atoms in total. The molecule has 0 aliphatic rings. The number of hydrogen-bond acceptors (Lipinski definition) is 2. The van der Waals surface area contributed by atoms with Crippen LogP contribution in [0.1, 0.15) is 11.3 Å². The Morgan fingerprint density at radius 3 is 2.90 bits per heavy atom. The number of pyridine rings is 1. The summed E-state index contributed by atoms with van der Waals surface area (Å²) in [7, 11) is 0. The van der Waals surface area contributed by atoms with Crippen LogP contribution in [-0.2, 0) is 6.54 Å². The Morgan fingerprint density at radius 1 is 1.35 bits per heavy atom. The van der Waals surface area contributed by atoms with Crippen molar-refractivity contribution in [3.8, 4) is 0 Å². The van der Waals surface area contributed by atoms with Crippen molar-refractivity contribution in [2.45, 2.75) is 13.5 Å². The SMILES string of the molecule is Cc1cccnc1Cn1c(=S)[nH]c2c(F)cc(F)cc21. The molecule has 6 heteroatoms. The van der Waals surface area contributed by atoms with Gasteiger partial charge in [0.1, 0.15) is 11.3 Å². The van der Waals surface area contributed by atoms with Crippen LogP contribution in [0.5, 0.6) is 0 Å². The van der Waals surface area contributed by atoms with Gasteiger partial charge >= 0.3 is 0 Å². The average molecular weight is 291 g/mol. The molecule has 0 atom stereocenters. The number of nitrogens with zero attached hydrogens (tertiary/aromatic N) is 2. The Hall–Kier alpha value is -2.08. The molecule has 2 aromatic heterocycles. The van der Waals surface area contributed by atoms with Crippen molar-refractivity contribution in [2.75, 3.05) is 0 Å². The fourth-order valence-electron chi connectivity index (χ4n) is 2.17. The number of H-pyrrole nitrogens is 1. The van der Waals surface area contributed by atoms with Gasteiger partial charge in [0.05, 0.1) is 17.8 Å². The van der Waals surface area contributed by atoms with Gasteiger partial charge < -0.3 is 9.55 Å². The van der Waals surface area contributed by atoms with Crippen molar-refractivity contribution in [2.24, 2.45) is 0 Å². The van der Waals surface area contributed by atoms with Crippen LogP contribution in [0.4, 0.5) is 8.78 Å². The summed E-state index contributed by atoms with van der Waals surface area (Å²) in [4.78, 5) is 7.05. The maximum absolute atomic E-state index is 13.7. The van der Waals surface area contributed by atoms with Crippen molar-refractivity contribution >= 4 is 23.3 Å². The first-order chi connectivity index (χ1) is 9.56. The molecule has 1 aromatic carbocycles. The molecule has 0 unspecified atom stereocenters. The number of halogens is 2. The summed E-state index contributed by atoms with van der Waals surface area (Å²) in [5, 5.41) is 0. The monoisotopic (exact) mass is 291 g/mol. The van der Waals surface area contributed by atoms with Crippen LogP contribution in [0.15, 0.2) is 30.5 Å². The van der Waals surface area contributed by atoms with E-state index in [2.05, 4.69) is 9.97 Å². The fraction of sp³-hybridized carbons (Fsp3) is 0.143. The van der Waals surface area contributed by atoms with E-state index in [9.17, 15) is 8.78 Å². The number of imidazole rings is 1. The molecule has 0 bridgehead atoms. The van der Waals surface area contributed by atoms with Gasteiger partial charge in [0.15, 0.2) is 10.6 Å². The maximum Gasteiger partial charge on any atom is 0.178 e. The van der Waals surface area contributed by atoms with E-state index < -0.39 is 11.6 Å². The molecule has 0 saturated carbocycles. The lowest BCUT2D eigenvalue weighted by molar-refractivity contribution is 0.590. The van der Waals surface area contributed by atoms with E-state index in [-0.39, 0.29) is 5.52 Å². The fourth-order valence-corrected chi connectivity index (χ4v) is 2.44. The molecule has 0 radical (unpaired) electrons. The highest BCUT2D eigenvalue weighted by molar-refractivity contribution is 7.71. The highest BCUT2D eigenvalue weighted by Crippen LogP contribution is 2.20. The highest BCUT2D eigenvalue weighted by Gasteiger charge is 2.12. The zero-order chi connectivity index (χ0) is 14.3. The molecule has 0 aliphatic carbocycles. The second-order valence-corrected chi connectivity index (χ2v) is 4.95. The Bertz CT molecular complexity index is 851. The highest BCUT2D eigenvalue weighted by atomic mass is 32.1. The van der Waals surface area contributed by atoms with E-state index in [1.54, 1.807) is 10.8 Å². The standard InChI is InChI=1S/C14H11F2N3S/c1-8-3-2-4-17-11(8)7-19-12-6-9(15)5-10(16)13(12)18-14(19)20/h2-6H,7H2,1H3,(H,18,20). The lowest BCUT2D eigenvalue weighted by Gasteiger charge is -2.07. The van der Waals surface area contributed by atoms with Gasteiger partial charge in [-0.25, -0.2) is 8.78 Å². The van der Waals surface area contributed by atoms with Crippen LogP contribution in [0.3, 0.4) is 0 Å². The van der Waals surface area contributed by atoms with Crippen molar-refractivity contribution in [1.29, 1.82) is 0 Å². The molecule has 0 aliphatic heterocycles. The van der Waals surface area contributed by atoms with Gasteiger partial charge in [-0.15, -0.1) is 0 Å². The number of aromatic nitrogens is 3. The van der Waals surface area contributed by atoms with E-state index >= 15 is 0 Å². The number of rotatable bonds is 2. The zero-order valence-corrected chi connectivity index (χ0v) is 11.5. The lowest BCUT2D eigenvalue weighted by Crippen LogP contribution is -2.04. The van der Waals surface area contributed by atoms with Crippen LogP contribution >= 0.6 is 12.2 Å². The van der Waals surface area contributed by atoms with Gasteiger partial charge in [0.2, 0.25) is 0 Å². The Morgan fingerprint density at radius 2 is 2.15 bits per heavy atom. The average Bonchev–Trinajstić information content (AvgIpc) is 2.70. The predicted molar refractivity (Wildman–Crippen MR) is 75.1 cm³/mol. The van der Waals surface area contributed by atoms with Gasteiger partial charge in [-0.1, -0.05) is 6.07 Å². The molecule has 20 heavy (non-hydrogen) atoms. The Balaban J connectivity index is 2.19. The second-order valence-electron chi connectivity index (χ2n) is 4.57. The third-order valence-electron chi connectivity index (χ3n) is 3.23. The molecule has 0 spiro atoms. The van der Waals surface area contributed by atoms with Gasteiger partial charge in [-0.3, -0.25) is 4.98 Å². The molecule has 0 fully saturated rings. The largest absolute Gasteiger partial charge is 0.328 e. The van der Waals surface area contributed by atoms with E-state index in [4.69, 9.17) is 12.2 Å². The molecule has 0 amide bonds. The minimum Gasteiger partial charge on any atom is -0.328 e. The number of aryl methyl sites for hydroxylation is 1. The van der Waals surface area contributed by atoms with Crippen LogP contribution in [0.2, 0.25) is 0 Å². The van der Waals surface area contributed by atoms with Crippen LogP contribution in [0.25, 0.3) is 11.0 Å². The quantitative estimate of drug-likeness (QED) is 0.730. The summed E-state index contributed by atoms with van der Waals surface area (Å²) >= 11 is 5.19. The number of fused-ring (bicyclic) bond motifs is 1. The van der Waals surface area contributed by atoms with Crippen molar-refractivity contribution < 1.29 is 8.78 Å². The maximum atomic E-state index is 13.7.